The van der Waals surface area contributed by atoms with Crippen molar-refractivity contribution >= 4 is 15.7 Å². The van der Waals surface area contributed by atoms with E-state index < -0.39 is 9.84 Å². The Balaban J connectivity index is 1.91. The van der Waals surface area contributed by atoms with Gasteiger partial charge in [-0.25, -0.2) is 8.42 Å². The van der Waals surface area contributed by atoms with E-state index in [9.17, 15) is 13.2 Å². The number of sulfone groups is 1. The smallest absolute Gasteiger partial charge is 0.222 e. The van der Waals surface area contributed by atoms with E-state index in [4.69, 9.17) is 0 Å². The number of rotatable bonds is 5. The van der Waals surface area contributed by atoms with E-state index in [2.05, 4.69) is 10.6 Å². The van der Waals surface area contributed by atoms with Gasteiger partial charge in [-0.05, 0) is 12.0 Å². The Morgan fingerprint density at radius 1 is 1.38 bits per heavy atom. The fourth-order valence-corrected chi connectivity index (χ4v) is 4.03. The van der Waals surface area contributed by atoms with E-state index in [0.29, 0.717) is 6.54 Å². The van der Waals surface area contributed by atoms with Crippen molar-refractivity contribution < 1.29 is 13.2 Å². The number of carbonyl (C=O) groups is 1. The normalized spacial score (nSPS) is 22.4. The van der Waals surface area contributed by atoms with Crippen LogP contribution in [-0.4, -0.2) is 38.4 Å². The first-order chi connectivity index (χ1) is 10.00. The van der Waals surface area contributed by atoms with E-state index in [1.165, 1.54) is 0 Å². The number of hydrogen-bond acceptors (Lipinski definition) is 4. The highest BCUT2D eigenvalue weighted by Crippen LogP contribution is 2.16. The number of nitrogens with one attached hydrogen (secondary N) is 2. The minimum atomic E-state index is -3.01. The molecule has 1 fully saturated rings. The van der Waals surface area contributed by atoms with Crippen LogP contribution in [0, 0.1) is 0 Å². The number of amides is 1. The summed E-state index contributed by atoms with van der Waals surface area (Å²) in [6, 6.07) is 9.49. The van der Waals surface area contributed by atoms with Gasteiger partial charge in [0.1, 0.15) is 0 Å². The van der Waals surface area contributed by atoms with Crippen LogP contribution in [0.4, 0.5) is 0 Å². The molecule has 0 bridgehead atoms. The van der Waals surface area contributed by atoms with Crippen molar-refractivity contribution in [2.24, 2.45) is 0 Å². The van der Waals surface area contributed by atoms with Gasteiger partial charge in [-0.15, -0.1) is 0 Å². The van der Waals surface area contributed by atoms with E-state index in [-0.39, 0.29) is 35.9 Å². The molecule has 0 aliphatic carbocycles. The molecule has 0 saturated carbocycles. The van der Waals surface area contributed by atoms with Gasteiger partial charge in [0.05, 0.1) is 17.5 Å². The van der Waals surface area contributed by atoms with Gasteiger partial charge < -0.3 is 10.6 Å². The van der Waals surface area contributed by atoms with Crippen LogP contribution in [0.15, 0.2) is 30.3 Å². The van der Waals surface area contributed by atoms with Crippen LogP contribution < -0.4 is 10.6 Å². The minimum Gasteiger partial charge on any atom is -0.349 e. The molecule has 116 valence electrons. The summed E-state index contributed by atoms with van der Waals surface area (Å²) < 4.78 is 23.1. The standard InChI is InChI=1S/C15H22N2O3S/c1-2-14(12-6-4-3-5-7-12)17-15(18)10-13-11-21(19,20)9-8-16-13/h3-7,13-14,16H,2,8-11H2,1H3,(H,17,18). The third-order valence-electron chi connectivity index (χ3n) is 3.68. The summed E-state index contributed by atoms with van der Waals surface area (Å²) in [6.45, 7) is 2.44. The molecule has 0 aromatic heterocycles. The Labute approximate surface area is 126 Å². The Morgan fingerprint density at radius 3 is 2.71 bits per heavy atom. The summed E-state index contributed by atoms with van der Waals surface area (Å²) >= 11 is 0. The van der Waals surface area contributed by atoms with Crippen LogP contribution in [0.2, 0.25) is 0 Å². The molecule has 1 aromatic rings. The molecule has 1 amide bonds. The molecular weight excluding hydrogens is 288 g/mol. The first-order valence-corrected chi connectivity index (χ1v) is 9.10. The lowest BCUT2D eigenvalue weighted by Gasteiger charge is -2.24. The van der Waals surface area contributed by atoms with Gasteiger partial charge in [0.2, 0.25) is 5.91 Å². The Morgan fingerprint density at radius 2 is 2.10 bits per heavy atom. The van der Waals surface area contributed by atoms with Crippen LogP contribution in [-0.2, 0) is 14.6 Å². The molecule has 1 aliphatic rings. The highest BCUT2D eigenvalue weighted by Gasteiger charge is 2.26. The molecule has 0 spiro atoms. The van der Waals surface area contributed by atoms with Crippen LogP contribution in [0.5, 0.6) is 0 Å². The largest absolute Gasteiger partial charge is 0.349 e. The Hall–Kier alpha value is -1.40. The molecular formula is C15H22N2O3S. The highest BCUT2D eigenvalue weighted by molar-refractivity contribution is 7.91. The summed E-state index contributed by atoms with van der Waals surface area (Å²) in [5, 5.41) is 6.08. The van der Waals surface area contributed by atoms with Gasteiger partial charge in [-0.2, -0.15) is 0 Å². The molecule has 1 saturated heterocycles. The monoisotopic (exact) mass is 310 g/mol. The fourth-order valence-electron chi connectivity index (χ4n) is 2.58. The van der Waals surface area contributed by atoms with Crippen LogP contribution in [0.3, 0.4) is 0 Å². The van der Waals surface area contributed by atoms with Crippen molar-refractivity contribution in [1.82, 2.24) is 10.6 Å². The molecule has 0 radical (unpaired) electrons. The van der Waals surface area contributed by atoms with E-state index in [0.717, 1.165) is 12.0 Å². The number of carbonyl (C=O) groups excluding carboxylic acids is 1. The highest BCUT2D eigenvalue weighted by atomic mass is 32.2. The fraction of sp³-hybridized carbons (Fsp3) is 0.533. The molecule has 5 nitrogen and oxygen atoms in total. The van der Waals surface area contributed by atoms with E-state index >= 15 is 0 Å². The third kappa shape index (κ3) is 4.82. The summed E-state index contributed by atoms with van der Waals surface area (Å²) in [4.78, 5) is 12.1. The Kier molecular flexibility index (Phi) is 5.36. The minimum absolute atomic E-state index is 0.0288. The molecule has 1 heterocycles. The predicted octanol–water partition coefficient (Wildman–Crippen LogP) is 1.03. The molecule has 2 rings (SSSR count). The molecule has 21 heavy (non-hydrogen) atoms. The second-order valence-electron chi connectivity index (χ2n) is 5.41. The van der Waals surface area contributed by atoms with E-state index in [1.54, 1.807) is 0 Å². The van der Waals surface area contributed by atoms with Crippen molar-refractivity contribution in [3.8, 4) is 0 Å². The number of benzene rings is 1. The lowest BCUT2D eigenvalue weighted by molar-refractivity contribution is -0.122. The summed E-state index contributed by atoms with van der Waals surface area (Å²) in [7, 11) is -3.01. The quantitative estimate of drug-likeness (QED) is 0.852. The van der Waals surface area contributed by atoms with Crippen molar-refractivity contribution in [1.29, 1.82) is 0 Å². The topological polar surface area (TPSA) is 75.3 Å². The average molecular weight is 310 g/mol. The second-order valence-corrected chi connectivity index (χ2v) is 7.64. The molecule has 2 atom stereocenters. The SMILES string of the molecule is CCC(NC(=O)CC1CS(=O)(=O)CCN1)c1ccccc1. The van der Waals surface area contributed by atoms with Crippen molar-refractivity contribution in [2.45, 2.75) is 31.8 Å². The van der Waals surface area contributed by atoms with Gasteiger partial charge >= 0.3 is 0 Å². The third-order valence-corrected chi connectivity index (χ3v) is 5.41. The van der Waals surface area contributed by atoms with Crippen molar-refractivity contribution in [2.75, 3.05) is 18.1 Å². The molecule has 6 heteroatoms. The molecule has 2 unspecified atom stereocenters. The van der Waals surface area contributed by atoms with Gasteiger partial charge in [-0.1, -0.05) is 37.3 Å². The van der Waals surface area contributed by atoms with Gasteiger partial charge in [0, 0.05) is 19.0 Å². The molecule has 1 aliphatic heterocycles. The maximum atomic E-state index is 12.1. The Bertz CT molecular complexity index is 572. The zero-order valence-electron chi connectivity index (χ0n) is 12.2. The first-order valence-electron chi connectivity index (χ1n) is 7.28. The average Bonchev–Trinajstić information content (AvgIpc) is 2.44. The lowest BCUT2D eigenvalue weighted by Crippen LogP contribution is -2.47. The molecule has 2 N–H and O–H groups in total. The molecule has 1 aromatic carbocycles. The predicted molar refractivity (Wildman–Crippen MR) is 82.7 cm³/mol. The van der Waals surface area contributed by atoms with Gasteiger partial charge in [0.15, 0.2) is 9.84 Å². The summed E-state index contributed by atoms with van der Waals surface area (Å²) in [5.41, 5.74) is 1.07. The lowest BCUT2D eigenvalue weighted by atomic mass is 10.0. The summed E-state index contributed by atoms with van der Waals surface area (Å²) in [6.07, 6.45) is 0.995. The zero-order valence-corrected chi connectivity index (χ0v) is 13.0. The van der Waals surface area contributed by atoms with E-state index in [1.807, 2.05) is 37.3 Å². The van der Waals surface area contributed by atoms with Crippen molar-refractivity contribution in [3.63, 3.8) is 0 Å². The maximum Gasteiger partial charge on any atom is 0.222 e. The van der Waals surface area contributed by atoms with Gasteiger partial charge in [-0.3, -0.25) is 4.79 Å². The van der Waals surface area contributed by atoms with Gasteiger partial charge in [0.25, 0.3) is 0 Å². The van der Waals surface area contributed by atoms with Crippen LogP contribution in [0.25, 0.3) is 0 Å². The van der Waals surface area contributed by atoms with Crippen molar-refractivity contribution in [3.05, 3.63) is 35.9 Å². The van der Waals surface area contributed by atoms with Crippen LogP contribution in [0.1, 0.15) is 31.4 Å². The second kappa shape index (κ2) is 7.04. The number of hydrogen-bond donors (Lipinski definition) is 2. The van der Waals surface area contributed by atoms with Crippen LogP contribution >= 0.6 is 0 Å². The first kappa shape index (κ1) is 16.0. The zero-order chi connectivity index (χ0) is 15.3. The maximum absolute atomic E-state index is 12.1. The summed E-state index contributed by atoms with van der Waals surface area (Å²) in [5.74, 6) is 0.0928.